The van der Waals surface area contributed by atoms with Gasteiger partial charge in [0.25, 0.3) is 5.76 Å². The Morgan fingerprint density at radius 3 is 3.00 bits per heavy atom. The quantitative estimate of drug-likeness (QED) is 0.488. The molecule has 1 rings (SSSR count). The molecule has 3 heteroatoms. The van der Waals surface area contributed by atoms with Gasteiger partial charge in [-0.25, -0.2) is 0 Å². The lowest BCUT2D eigenvalue weighted by Crippen LogP contribution is -2.10. The summed E-state index contributed by atoms with van der Waals surface area (Å²) in [5.41, 5.74) is 0. The lowest BCUT2D eigenvalue weighted by atomic mass is 10.7. The van der Waals surface area contributed by atoms with E-state index in [0.717, 1.165) is 0 Å². The SMILES string of the molecule is CCn1c[c-]oc1=O. The molecular formula is C5H6NO2-. The maximum Gasteiger partial charge on any atom is 0.252 e. The molecule has 8 heavy (non-hydrogen) atoms. The molecule has 0 saturated carbocycles. The van der Waals surface area contributed by atoms with Gasteiger partial charge in [0.2, 0.25) is 0 Å². The van der Waals surface area contributed by atoms with Crippen molar-refractivity contribution in [2.45, 2.75) is 13.5 Å². The van der Waals surface area contributed by atoms with Gasteiger partial charge in [-0.2, -0.15) is 0 Å². The van der Waals surface area contributed by atoms with Gasteiger partial charge in [-0.15, -0.1) is 0 Å². The lowest BCUT2D eigenvalue weighted by Gasteiger charge is -1.93. The van der Waals surface area contributed by atoms with Crippen LogP contribution in [0.25, 0.3) is 0 Å². The van der Waals surface area contributed by atoms with E-state index in [9.17, 15) is 4.79 Å². The monoisotopic (exact) mass is 112 g/mol. The molecule has 0 atom stereocenters. The highest BCUT2D eigenvalue weighted by atomic mass is 16.4. The summed E-state index contributed by atoms with van der Waals surface area (Å²) in [7, 11) is 0. The minimum atomic E-state index is -0.340. The van der Waals surface area contributed by atoms with Crippen LogP contribution in [0.5, 0.6) is 0 Å². The summed E-state index contributed by atoms with van der Waals surface area (Å²) in [5, 5.41) is 0. The molecule has 0 saturated heterocycles. The molecule has 1 heterocycles. The highest BCUT2D eigenvalue weighted by molar-refractivity contribution is 4.65. The van der Waals surface area contributed by atoms with Gasteiger partial charge in [0, 0.05) is 6.54 Å². The van der Waals surface area contributed by atoms with Crippen molar-refractivity contribution in [2.24, 2.45) is 0 Å². The molecule has 0 bridgehead atoms. The van der Waals surface area contributed by atoms with Gasteiger partial charge in [-0.05, 0) is 6.92 Å². The van der Waals surface area contributed by atoms with Crippen molar-refractivity contribution in [3.8, 4) is 0 Å². The van der Waals surface area contributed by atoms with E-state index < -0.39 is 0 Å². The molecule has 0 aromatic carbocycles. The zero-order valence-corrected chi connectivity index (χ0v) is 4.55. The summed E-state index contributed by atoms with van der Waals surface area (Å²) in [6.07, 6.45) is 3.81. The van der Waals surface area contributed by atoms with Crippen LogP contribution >= 0.6 is 0 Å². The van der Waals surface area contributed by atoms with Crippen LogP contribution in [0.4, 0.5) is 0 Å². The van der Waals surface area contributed by atoms with E-state index in [4.69, 9.17) is 0 Å². The van der Waals surface area contributed by atoms with Crippen LogP contribution in [0.3, 0.4) is 0 Å². The van der Waals surface area contributed by atoms with Crippen LogP contribution in [-0.2, 0) is 6.54 Å². The van der Waals surface area contributed by atoms with Gasteiger partial charge < -0.3 is 13.8 Å². The lowest BCUT2D eigenvalue weighted by molar-refractivity contribution is 0.478. The molecule has 3 nitrogen and oxygen atoms in total. The second kappa shape index (κ2) is 1.86. The normalized spacial score (nSPS) is 9.62. The molecule has 0 radical (unpaired) electrons. The van der Waals surface area contributed by atoms with Crippen LogP contribution in [0, 0.1) is 6.26 Å². The Morgan fingerprint density at radius 1 is 2.00 bits per heavy atom. The molecule has 0 aliphatic heterocycles. The summed E-state index contributed by atoms with van der Waals surface area (Å²) >= 11 is 0. The second-order valence-electron chi connectivity index (χ2n) is 1.40. The number of rotatable bonds is 1. The molecule has 0 unspecified atom stereocenters. The summed E-state index contributed by atoms with van der Waals surface area (Å²) in [4.78, 5) is 10.4. The van der Waals surface area contributed by atoms with Crippen molar-refractivity contribution in [1.29, 1.82) is 0 Å². The number of aromatic nitrogens is 1. The average Bonchev–Trinajstić information content (AvgIpc) is 2.14. The van der Waals surface area contributed by atoms with E-state index in [2.05, 4.69) is 10.7 Å². The molecule has 0 spiro atoms. The first-order valence-electron chi connectivity index (χ1n) is 2.41. The van der Waals surface area contributed by atoms with Crippen LogP contribution in [0.1, 0.15) is 6.92 Å². The Bertz CT molecular complexity index is 210. The van der Waals surface area contributed by atoms with Crippen molar-refractivity contribution in [2.75, 3.05) is 0 Å². The summed E-state index contributed by atoms with van der Waals surface area (Å²) in [6, 6.07) is 0. The largest absolute Gasteiger partial charge is 0.601 e. The standard InChI is InChI=1S/C5H6NO2/c1-2-6-3-4-8-5(6)7/h3H,2H2,1H3/q-1. The highest BCUT2D eigenvalue weighted by Crippen LogP contribution is 1.77. The van der Waals surface area contributed by atoms with Crippen LogP contribution in [0.15, 0.2) is 15.4 Å². The number of aryl methyl sites for hydroxylation is 1. The van der Waals surface area contributed by atoms with Crippen molar-refractivity contribution < 1.29 is 4.42 Å². The fourth-order valence-corrected chi connectivity index (χ4v) is 0.472. The predicted molar refractivity (Wildman–Crippen MR) is 27.5 cm³/mol. The van der Waals surface area contributed by atoms with Crippen LogP contribution < -0.4 is 5.76 Å². The van der Waals surface area contributed by atoms with Gasteiger partial charge in [0.15, 0.2) is 0 Å². The zero-order valence-electron chi connectivity index (χ0n) is 4.55. The first-order valence-corrected chi connectivity index (χ1v) is 2.41. The van der Waals surface area contributed by atoms with Gasteiger partial charge in [-0.3, -0.25) is 0 Å². The minimum absolute atomic E-state index is 0.340. The zero-order chi connectivity index (χ0) is 5.98. The number of hydrogen-bond acceptors (Lipinski definition) is 2. The highest BCUT2D eigenvalue weighted by Gasteiger charge is 1.78. The number of nitrogens with zero attached hydrogens (tertiary/aromatic N) is 1. The topological polar surface area (TPSA) is 35.1 Å². The van der Waals surface area contributed by atoms with Crippen molar-refractivity contribution in [3.05, 3.63) is 23.0 Å². The molecule has 1 aromatic heterocycles. The maximum atomic E-state index is 10.4. The second-order valence-corrected chi connectivity index (χ2v) is 1.40. The van der Waals surface area contributed by atoms with Gasteiger partial charge in [-0.1, -0.05) is 12.5 Å². The molecule has 0 N–H and O–H groups in total. The third-order valence-corrected chi connectivity index (χ3v) is 0.930. The van der Waals surface area contributed by atoms with E-state index in [1.54, 1.807) is 0 Å². The van der Waals surface area contributed by atoms with Crippen LogP contribution in [-0.4, -0.2) is 4.57 Å². The molecule has 1 aromatic rings. The van der Waals surface area contributed by atoms with Crippen molar-refractivity contribution in [3.63, 3.8) is 0 Å². The summed E-state index contributed by atoms with van der Waals surface area (Å²) < 4.78 is 5.77. The Kier molecular flexibility index (Phi) is 1.20. The number of hydrogen-bond donors (Lipinski definition) is 0. The molecule has 44 valence electrons. The number of oxazole rings is 1. The first-order chi connectivity index (χ1) is 3.84. The minimum Gasteiger partial charge on any atom is -0.601 e. The molecule has 0 aliphatic carbocycles. The van der Waals surface area contributed by atoms with E-state index in [0.29, 0.717) is 6.54 Å². The van der Waals surface area contributed by atoms with E-state index in [1.165, 1.54) is 10.8 Å². The smallest absolute Gasteiger partial charge is 0.252 e. The van der Waals surface area contributed by atoms with Gasteiger partial charge in [0.1, 0.15) is 0 Å². The fraction of sp³-hybridized carbons (Fsp3) is 0.400. The Balaban J connectivity index is 3.11. The molecular weight excluding hydrogens is 106 g/mol. The summed E-state index contributed by atoms with van der Waals surface area (Å²) in [6.45, 7) is 2.51. The van der Waals surface area contributed by atoms with E-state index >= 15 is 0 Å². The Morgan fingerprint density at radius 2 is 2.75 bits per heavy atom. The molecule has 0 amide bonds. The van der Waals surface area contributed by atoms with Gasteiger partial charge >= 0.3 is 0 Å². The maximum absolute atomic E-state index is 10.4. The first kappa shape index (κ1) is 5.15. The fourth-order valence-electron chi connectivity index (χ4n) is 0.472. The molecule has 0 fully saturated rings. The Hall–Kier alpha value is -0.990. The van der Waals surface area contributed by atoms with E-state index in [-0.39, 0.29) is 5.76 Å². The predicted octanol–water partition coefficient (Wildman–Crippen LogP) is 0.261. The van der Waals surface area contributed by atoms with Crippen LogP contribution in [0.2, 0.25) is 0 Å². The third kappa shape index (κ3) is 0.665. The molecule has 0 aliphatic rings. The summed E-state index contributed by atoms with van der Waals surface area (Å²) in [5.74, 6) is -0.340. The third-order valence-electron chi connectivity index (χ3n) is 0.930. The van der Waals surface area contributed by atoms with Crippen molar-refractivity contribution in [1.82, 2.24) is 4.57 Å². The van der Waals surface area contributed by atoms with Gasteiger partial charge in [0.05, 0.1) is 0 Å². The van der Waals surface area contributed by atoms with E-state index in [1.807, 2.05) is 6.92 Å². The van der Waals surface area contributed by atoms with Crippen molar-refractivity contribution >= 4 is 0 Å². The average molecular weight is 112 g/mol. The Labute approximate surface area is 46.5 Å².